The Hall–Kier alpha value is -2.06. The number of hydrogen-bond donors (Lipinski definition) is 4. The number of carbonyl (C=O) groups is 1. The number of rotatable bonds is 5. The lowest BCUT2D eigenvalue weighted by atomic mass is 10.1. The molecule has 2 atom stereocenters. The predicted molar refractivity (Wildman–Crippen MR) is 103 cm³/mol. The van der Waals surface area contributed by atoms with Crippen LogP contribution in [0.2, 0.25) is 0 Å². The maximum absolute atomic E-state index is 13.4. The van der Waals surface area contributed by atoms with Crippen molar-refractivity contribution in [3.05, 3.63) is 34.2 Å². The van der Waals surface area contributed by atoms with Crippen LogP contribution in [-0.2, 0) is 4.79 Å². The standard InChI is InChI=1S/C16H17BrFN5O5S/c17-9-5-8(1-2-10(9)18)19-15(20-27)14-16(22-28-21-14)29-7-13(26)23-4-3-11(24)12(25)6-23/h1-2,5,11-12,24-25,27H,3-4,6-7H2,(H,19,20)/t11-,12-/m0/s1. The van der Waals surface area contributed by atoms with Crippen molar-refractivity contribution < 1.29 is 29.2 Å². The number of amidine groups is 1. The van der Waals surface area contributed by atoms with E-state index in [1.54, 1.807) is 0 Å². The quantitative estimate of drug-likeness (QED) is 0.209. The molecule has 0 aliphatic carbocycles. The van der Waals surface area contributed by atoms with E-state index in [0.29, 0.717) is 18.7 Å². The molecule has 1 aromatic heterocycles. The van der Waals surface area contributed by atoms with E-state index in [4.69, 9.17) is 4.63 Å². The Morgan fingerprint density at radius 1 is 1.41 bits per heavy atom. The number of benzene rings is 1. The Kier molecular flexibility index (Phi) is 7.18. The first-order chi connectivity index (χ1) is 13.9. The van der Waals surface area contributed by atoms with Crippen LogP contribution in [0.5, 0.6) is 0 Å². The minimum atomic E-state index is -0.977. The largest absolute Gasteiger partial charge is 0.390 e. The molecule has 0 spiro atoms. The van der Waals surface area contributed by atoms with Gasteiger partial charge in [-0.1, -0.05) is 11.8 Å². The lowest BCUT2D eigenvalue weighted by Crippen LogP contribution is -2.49. The molecule has 29 heavy (non-hydrogen) atoms. The molecule has 1 aliphatic rings. The molecule has 2 aromatic rings. The van der Waals surface area contributed by atoms with Crippen LogP contribution in [0.3, 0.4) is 0 Å². The van der Waals surface area contributed by atoms with Gasteiger partial charge in [0.05, 0.1) is 28.1 Å². The van der Waals surface area contributed by atoms with Crippen LogP contribution in [-0.4, -0.2) is 73.4 Å². The predicted octanol–water partition coefficient (Wildman–Crippen LogP) is 1.07. The van der Waals surface area contributed by atoms with Gasteiger partial charge in [-0.3, -0.25) is 15.5 Å². The fourth-order valence-corrected chi connectivity index (χ4v) is 3.77. The normalized spacial score (nSPS) is 20.0. The van der Waals surface area contributed by atoms with Gasteiger partial charge in [-0.15, -0.1) is 0 Å². The van der Waals surface area contributed by atoms with Crippen LogP contribution >= 0.6 is 27.7 Å². The Morgan fingerprint density at radius 3 is 2.90 bits per heavy atom. The highest BCUT2D eigenvalue weighted by Crippen LogP contribution is 2.25. The summed E-state index contributed by atoms with van der Waals surface area (Å²) in [4.78, 5) is 17.9. The lowest BCUT2D eigenvalue weighted by molar-refractivity contribution is -0.134. The second kappa shape index (κ2) is 9.63. The number of carbonyl (C=O) groups excluding carboxylic acids is 1. The van der Waals surface area contributed by atoms with Gasteiger partial charge in [-0.2, -0.15) is 0 Å². The smallest absolute Gasteiger partial charge is 0.233 e. The monoisotopic (exact) mass is 489 g/mol. The fourth-order valence-electron chi connectivity index (χ4n) is 2.60. The third-order valence-corrected chi connectivity index (χ3v) is 5.70. The number of hydroxylamine groups is 1. The second-order valence-electron chi connectivity index (χ2n) is 6.14. The lowest BCUT2D eigenvalue weighted by Gasteiger charge is -2.33. The summed E-state index contributed by atoms with van der Waals surface area (Å²) >= 11 is 4.07. The minimum Gasteiger partial charge on any atom is -0.390 e. The number of nitrogens with zero attached hydrogens (tertiary/aromatic N) is 4. The average molecular weight is 490 g/mol. The SMILES string of the molecule is O=C(CSc1nonc1C(=Nc1ccc(F)c(Br)c1)NO)N1CC[C@H](O)[C@@H](O)C1. The van der Waals surface area contributed by atoms with Crippen molar-refractivity contribution in [2.75, 3.05) is 18.8 Å². The van der Waals surface area contributed by atoms with Crippen molar-refractivity contribution in [3.8, 4) is 0 Å². The van der Waals surface area contributed by atoms with E-state index in [9.17, 15) is 24.6 Å². The molecule has 1 aliphatic heterocycles. The summed E-state index contributed by atoms with van der Waals surface area (Å²) in [7, 11) is 0. The summed E-state index contributed by atoms with van der Waals surface area (Å²) in [5, 5.41) is 36.3. The number of nitrogens with one attached hydrogen (secondary N) is 1. The van der Waals surface area contributed by atoms with E-state index in [1.807, 2.05) is 5.48 Å². The van der Waals surface area contributed by atoms with E-state index in [2.05, 4.69) is 31.2 Å². The molecule has 4 N–H and O–H groups in total. The molecule has 0 radical (unpaired) electrons. The Morgan fingerprint density at radius 2 is 2.21 bits per heavy atom. The van der Waals surface area contributed by atoms with Gasteiger partial charge in [0.25, 0.3) is 0 Å². The summed E-state index contributed by atoms with van der Waals surface area (Å²) < 4.78 is 18.3. The first kappa shape index (κ1) is 21.6. The van der Waals surface area contributed by atoms with Crippen molar-refractivity contribution in [3.63, 3.8) is 0 Å². The highest BCUT2D eigenvalue weighted by Gasteiger charge is 2.29. The third-order valence-electron chi connectivity index (χ3n) is 4.16. The molecular weight excluding hydrogens is 473 g/mol. The number of aromatic nitrogens is 2. The molecule has 1 amide bonds. The van der Waals surface area contributed by atoms with E-state index in [0.717, 1.165) is 11.8 Å². The Balaban J connectivity index is 1.70. The number of amides is 1. The molecule has 0 bridgehead atoms. The number of hydrogen-bond acceptors (Lipinski definition) is 9. The molecule has 1 aromatic carbocycles. The van der Waals surface area contributed by atoms with Gasteiger partial charge in [0.15, 0.2) is 16.6 Å². The van der Waals surface area contributed by atoms with Crippen molar-refractivity contribution in [1.82, 2.24) is 20.7 Å². The Bertz CT molecular complexity index is 914. The van der Waals surface area contributed by atoms with E-state index in [-0.39, 0.29) is 39.2 Å². The van der Waals surface area contributed by atoms with Crippen LogP contribution in [0.1, 0.15) is 12.1 Å². The molecule has 156 valence electrons. The average Bonchev–Trinajstić information content (AvgIpc) is 3.17. The number of aliphatic hydroxyl groups excluding tert-OH is 2. The van der Waals surface area contributed by atoms with Gasteiger partial charge in [-0.05, 0) is 50.9 Å². The fraction of sp³-hybridized carbons (Fsp3) is 0.375. The maximum atomic E-state index is 13.4. The number of halogens is 2. The Labute approximate surface area is 176 Å². The summed E-state index contributed by atoms with van der Waals surface area (Å²) in [5.41, 5.74) is 2.29. The van der Waals surface area contributed by atoms with Gasteiger partial charge in [0, 0.05) is 13.1 Å². The zero-order valence-electron chi connectivity index (χ0n) is 14.8. The zero-order valence-corrected chi connectivity index (χ0v) is 17.2. The second-order valence-corrected chi connectivity index (χ2v) is 7.96. The van der Waals surface area contributed by atoms with Gasteiger partial charge >= 0.3 is 0 Å². The molecular formula is C16H17BrFN5O5S. The van der Waals surface area contributed by atoms with Crippen LogP contribution in [0.25, 0.3) is 0 Å². The number of likely N-dealkylation sites (tertiary alicyclic amines) is 1. The molecule has 0 saturated carbocycles. The minimum absolute atomic E-state index is 0.0230. The summed E-state index contributed by atoms with van der Waals surface area (Å²) in [6, 6.07) is 4.02. The van der Waals surface area contributed by atoms with Crippen LogP contribution in [0.15, 0.2) is 37.3 Å². The molecule has 1 fully saturated rings. The number of aliphatic imine (C=N–C) groups is 1. The first-order valence-electron chi connectivity index (χ1n) is 8.42. The molecule has 3 rings (SSSR count). The van der Waals surface area contributed by atoms with E-state index in [1.165, 1.54) is 23.1 Å². The van der Waals surface area contributed by atoms with E-state index >= 15 is 0 Å². The summed E-state index contributed by atoms with van der Waals surface area (Å²) in [6.07, 6.45) is -1.51. The summed E-state index contributed by atoms with van der Waals surface area (Å²) in [5.74, 6) is -0.843. The van der Waals surface area contributed by atoms with Gasteiger partial charge in [-0.25, -0.2) is 14.0 Å². The van der Waals surface area contributed by atoms with Gasteiger partial charge in [0.2, 0.25) is 5.91 Å². The van der Waals surface area contributed by atoms with E-state index < -0.39 is 18.0 Å². The highest BCUT2D eigenvalue weighted by atomic mass is 79.9. The molecule has 0 unspecified atom stereocenters. The number of piperidine rings is 1. The van der Waals surface area contributed by atoms with Crippen molar-refractivity contribution in [2.45, 2.75) is 23.7 Å². The molecule has 1 saturated heterocycles. The van der Waals surface area contributed by atoms with Crippen LogP contribution in [0.4, 0.5) is 10.1 Å². The summed E-state index contributed by atoms with van der Waals surface area (Å²) in [6.45, 7) is 0.390. The molecule has 10 nitrogen and oxygen atoms in total. The third kappa shape index (κ3) is 5.30. The number of β-amino-alcohol motifs (C(OH)–C–C–N with tert-alkyl or cyclic N) is 1. The topological polar surface area (TPSA) is 144 Å². The first-order valence-corrected chi connectivity index (χ1v) is 10.2. The highest BCUT2D eigenvalue weighted by molar-refractivity contribution is 9.10. The number of thioether (sulfide) groups is 1. The molecule has 2 heterocycles. The molecule has 13 heteroatoms. The number of aliphatic hydroxyl groups is 2. The van der Waals surface area contributed by atoms with Crippen molar-refractivity contribution in [1.29, 1.82) is 0 Å². The van der Waals surface area contributed by atoms with Gasteiger partial charge in [0.1, 0.15) is 5.82 Å². The van der Waals surface area contributed by atoms with Crippen LogP contribution < -0.4 is 5.48 Å². The van der Waals surface area contributed by atoms with Gasteiger partial charge < -0.3 is 15.1 Å². The van der Waals surface area contributed by atoms with Crippen molar-refractivity contribution >= 4 is 45.1 Å². The zero-order chi connectivity index (χ0) is 21.0. The maximum Gasteiger partial charge on any atom is 0.233 e. The van der Waals surface area contributed by atoms with Crippen molar-refractivity contribution in [2.24, 2.45) is 4.99 Å². The van der Waals surface area contributed by atoms with Crippen LogP contribution in [0, 0.1) is 5.82 Å².